The molecule has 0 radical (unpaired) electrons. The minimum absolute atomic E-state index is 0.113. The number of hydrogen-bond acceptors (Lipinski definition) is 2. The molecule has 0 aromatic heterocycles. The van der Waals surface area contributed by atoms with Gasteiger partial charge in [-0.15, -0.1) is 0 Å². The second-order valence-electron chi connectivity index (χ2n) is 4.44. The summed E-state index contributed by atoms with van der Waals surface area (Å²) in [7, 11) is 0. The van der Waals surface area contributed by atoms with Crippen LogP contribution in [0.3, 0.4) is 0 Å². The molecule has 0 saturated carbocycles. The largest absolute Gasteiger partial charge is 0.325 e. The van der Waals surface area contributed by atoms with Crippen LogP contribution in [0.25, 0.3) is 0 Å². The van der Waals surface area contributed by atoms with E-state index in [2.05, 4.69) is 0 Å². The zero-order chi connectivity index (χ0) is 14.0. The molecule has 1 aromatic carbocycles. The Balaban J connectivity index is 2.38. The van der Waals surface area contributed by atoms with Gasteiger partial charge in [-0.1, -0.05) is 0 Å². The number of urea groups is 1. The average Bonchev–Trinajstić information content (AvgIpc) is 2.41. The topological polar surface area (TPSA) is 40.6 Å². The highest BCUT2D eigenvalue weighted by Gasteiger charge is 2.29. The number of benzene rings is 1. The van der Waals surface area contributed by atoms with Gasteiger partial charge >= 0.3 is 6.03 Å². The van der Waals surface area contributed by atoms with Crippen LogP contribution < -0.4 is 4.90 Å². The van der Waals surface area contributed by atoms with E-state index >= 15 is 0 Å². The van der Waals surface area contributed by atoms with Crippen LogP contribution in [0.1, 0.15) is 30.6 Å². The molecule has 0 saturated heterocycles. The summed E-state index contributed by atoms with van der Waals surface area (Å²) in [6.45, 7) is 5.38. The van der Waals surface area contributed by atoms with Crippen LogP contribution in [0.5, 0.6) is 0 Å². The van der Waals surface area contributed by atoms with E-state index in [0.29, 0.717) is 30.9 Å². The summed E-state index contributed by atoms with van der Waals surface area (Å²) in [5, 5.41) is 0. The van der Waals surface area contributed by atoms with Gasteiger partial charge in [-0.3, -0.25) is 9.69 Å². The molecule has 0 N–H and O–H groups in total. The number of carbonyl (C=O) groups excluding carboxylic acids is 2. The van der Waals surface area contributed by atoms with E-state index in [1.807, 2.05) is 13.8 Å². The first-order valence-corrected chi connectivity index (χ1v) is 6.47. The molecule has 1 aromatic rings. The Bertz CT molecular complexity index is 512. The van der Waals surface area contributed by atoms with Crippen molar-refractivity contribution in [3.63, 3.8) is 0 Å². The smallest absolute Gasteiger partial charge is 0.324 e. The van der Waals surface area contributed by atoms with Gasteiger partial charge in [0.25, 0.3) is 0 Å². The van der Waals surface area contributed by atoms with Gasteiger partial charge in [0, 0.05) is 31.6 Å². The van der Waals surface area contributed by atoms with Crippen LogP contribution in [-0.2, 0) is 0 Å². The molecule has 1 aliphatic heterocycles. The standard InChI is InChI=1S/C14H17FN2O2/c1-3-16(4-2)14(19)17-8-7-13(18)11-9-10(15)5-6-12(11)17/h5-6,9H,3-4,7-8H2,1-2H3. The molecule has 1 heterocycles. The van der Waals surface area contributed by atoms with Crippen molar-refractivity contribution in [3.8, 4) is 0 Å². The predicted octanol–water partition coefficient (Wildman–Crippen LogP) is 2.68. The third kappa shape index (κ3) is 2.45. The van der Waals surface area contributed by atoms with E-state index in [4.69, 9.17) is 0 Å². The van der Waals surface area contributed by atoms with E-state index in [1.165, 1.54) is 18.2 Å². The summed E-state index contributed by atoms with van der Waals surface area (Å²) in [4.78, 5) is 27.4. The molecular weight excluding hydrogens is 247 g/mol. The van der Waals surface area contributed by atoms with Crippen LogP contribution in [0.2, 0.25) is 0 Å². The lowest BCUT2D eigenvalue weighted by Gasteiger charge is -2.33. The summed E-state index contributed by atoms with van der Waals surface area (Å²) >= 11 is 0. The Hall–Kier alpha value is -1.91. The molecule has 0 bridgehead atoms. The molecular formula is C14H17FN2O2. The molecule has 2 rings (SSSR count). The second kappa shape index (κ2) is 5.38. The first-order chi connectivity index (χ1) is 9.08. The van der Waals surface area contributed by atoms with Gasteiger partial charge in [0.2, 0.25) is 0 Å². The zero-order valence-electron chi connectivity index (χ0n) is 11.1. The van der Waals surface area contributed by atoms with Gasteiger partial charge < -0.3 is 4.90 Å². The predicted molar refractivity (Wildman–Crippen MR) is 71.0 cm³/mol. The lowest BCUT2D eigenvalue weighted by Crippen LogP contribution is -2.46. The van der Waals surface area contributed by atoms with Crippen molar-refractivity contribution >= 4 is 17.5 Å². The zero-order valence-corrected chi connectivity index (χ0v) is 11.1. The maximum absolute atomic E-state index is 13.2. The lowest BCUT2D eigenvalue weighted by molar-refractivity contribution is 0.0980. The first-order valence-electron chi connectivity index (χ1n) is 6.47. The van der Waals surface area contributed by atoms with Crippen molar-refractivity contribution in [3.05, 3.63) is 29.6 Å². The Kier molecular flexibility index (Phi) is 3.83. The van der Waals surface area contributed by atoms with E-state index in [1.54, 1.807) is 9.80 Å². The minimum Gasteiger partial charge on any atom is -0.325 e. The quantitative estimate of drug-likeness (QED) is 0.824. The summed E-state index contributed by atoms with van der Waals surface area (Å²) in [5.74, 6) is -0.567. The highest BCUT2D eigenvalue weighted by atomic mass is 19.1. The number of nitrogens with zero attached hydrogens (tertiary/aromatic N) is 2. The van der Waals surface area contributed by atoms with Crippen molar-refractivity contribution in [2.45, 2.75) is 20.3 Å². The van der Waals surface area contributed by atoms with E-state index in [-0.39, 0.29) is 18.2 Å². The first kappa shape index (κ1) is 13.5. The lowest BCUT2D eigenvalue weighted by atomic mass is 10.0. The van der Waals surface area contributed by atoms with Gasteiger partial charge in [-0.25, -0.2) is 9.18 Å². The van der Waals surface area contributed by atoms with E-state index in [0.717, 1.165) is 0 Å². The van der Waals surface area contributed by atoms with Crippen LogP contribution in [0, 0.1) is 5.82 Å². The van der Waals surface area contributed by atoms with Gasteiger partial charge in [0.05, 0.1) is 5.69 Å². The highest BCUT2D eigenvalue weighted by Crippen LogP contribution is 2.28. The fraction of sp³-hybridized carbons (Fsp3) is 0.429. The summed E-state index contributed by atoms with van der Waals surface area (Å²) < 4.78 is 13.2. The van der Waals surface area contributed by atoms with Crippen molar-refractivity contribution in [2.24, 2.45) is 0 Å². The van der Waals surface area contributed by atoms with Gasteiger partial charge in [0.1, 0.15) is 5.82 Å². The molecule has 102 valence electrons. The molecule has 0 aliphatic carbocycles. The molecule has 0 spiro atoms. The number of hydrogen-bond donors (Lipinski definition) is 0. The monoisotopic (exact) mass is 264 g/mol. The van der Waals surface area contributed by atoms with Crippen molar-refractivity contribution in [1.82, 2.24) is 4.90 Å². The van der Waals surface area contributed by atoms with Gasteiger partial charge in [0.15, 0.2) is 5.78 Å². The summed E-state index contributed by atoms with van der Waals surface area (Å²) in [6, 6.07) is 3.85. The Morgan fingerprint density at radius 3 is 2.68 bits per heavy atom. The molecule has 5 heteroatoms. The van der Waals surface area contributed by atoms with Crippen LogP contribution in [-0.4, -0.2) is 36.3 Å². The Morgan fingerprint density at radius 1 is 1.37 bits per heavy atom. The van der Waals surface area contributed by atoms with Crippen LogP contribution in [0.15, 0.2) is 18.2 Å². The fourth-order valence-corrected chi connectivity index (χ4v) is 2.30. The molecule has 19 heavy (non-hydrogen) atoms. The second-order valence-corrected chi connectivity index (χ2v) is 4.44. The van der Waals surface area contributed by atoms with Gasteiger partial charge in [-0.05, 0) is 32.0 Å². The van der Waals surface area contributed by atoms with Gasteiger partial charge in [-0.2, -0.15) is 0 Å². The Labute approximate surface area is 111 Å². The normalized spacial score (nSPS) is 14.3. The summed E-state index contributed by atoms with van der Waals surface area (Å²) in [6.07, 6.45) is 0.240. The number of Topliss-reactive ketones (excluding diaryl/α,β-unsaturated/α-hetero) is 1. The Morgan fingerprint density at radius 2 is 2.05 bits per heavy atom. The molecule has 0 unspecified atom stereocenters. The molecule has 1 aliphatic rings. The maximum atomic E-state index is 13.2. The van der Waals surface area contributed by atoms with Crippen molar-refractivity contribution < 1.29 is 14.0 Å². The fourth-order valence-electron chi connectivity index (χ4n) is 2.30. The van der Waals surface area contributed by atoms with E-state index < -0.39 is 5.82 Å². The van der Waals surface area contributed by atoms with Crippen LogP contribution in [0.4, 0.5) is 14.9 Å². The molecule has 0 fully saturated rings. The number of rotatable bonds is 2. The van der Waals surface area contributed by atoms with Crippen molar-refractivity contribution in [1.29, 1.82) is 0 Å². The number of carbonyl (C=O) groups is 2. The number of fused-ring (bicyclic) bond motifs is 1. The molecule has 0 atom stereocenters. The van der Waals surface area contributed by atoms with Crippen molar-refractivity contribution in [2.75, 3.05) is 24.5 Å². The maximum Gasteiger partial charge on any atom is 0.324 e. The number of ketones is 1. The van der Waals surface area contributed by atoms with E-state index in [9.17, 15) is 14.0 Å². The number of amides is 2. The van der Waals surface area contributed by atoms with Crippen LogP contribution >= 0.6 is 0 Å². The average molecular weight is 264 g/mol. The molecule has 4 nitrogen and oxygen atoms in total. The third-order valence-corrected chi connectivity index (χ3v) is 3.38. The third-order valence-electron chi connectivity index (χ3n) is 3.38. The highest BCUT2D eigenvalue weighted by molar-refractivity contribution is 6.08. The minimum atomic E-state index is -0.454. The number of anilines is 1. The number of halogens is 1. The summed E-state index contributed by atoms with van der Waals surface area (Å²) in [5.41, 5.74) is 0.807. The molecule has 2 amide bonds. The SMILES string of the molecule is CCN(CC)C(=O)N1CCC(=O)c2cc(F)ccc21.